The maximum Gasteiger partial charge on any atom is 0.407 e. The Morgan fingerprint density at radius 3 is 2.24 bits per heavy atom. The van der Waals surface area contributed by atoms with Crippen LogP contribution in [0.25, 0.3) is 0 Å². The smallest absolute Gasteiger partial charge is 0.407 e. The fraction of sp³-hybridized carbons (Fsp3) is 0.407. The monoisotopic (exact) mass is 510 g/mol. The second-order valence-electron chi connectivity index (χ2n) is 10.0. The summed E-state index contributed by atoms with van der Waals surface area (Å²) >= 11 is 0. The van der Waals surface area contributed by atoms with Gasteiger partial charge < -0.3 is 30.3 Å². The van der Waals surface area contributed by atoms with Crippen LogP contribution in [-0.2, 0) is 36.8 Å². The molecule has 3 rings (SSSR count). The highest BCUT2D eigenvalue weighted by atomic mass is 16.6. The number of hydrogen-bond donors (Lipinski definition) is 3. The van der Waals surface area contributed by atoms with Gasteiger partial charge in [-0.1, -0.05) is 42.5 Å². The summed E-state index contributed by atoms with van der Waals surface area (Å²) in [6.45, 7) is 5.55. The number of nitrogens with zero attached hydrogens (tertiary/aromatic N) is 1. The van der Waals surface area contributed by atoms with Crippen molar-refractivity contribution in [1.82, 2.24) is 15.5 Å². The zero-order valence-electron chi connectivity index (χ0n) is 21.7. The van der Waals surface area contributed by atoms with Gasteiger partial charge in [-0.25, -0.2) is 4.79 Å². The number of amides is 4. The molecule has 0 aromatic heterocycles. The molecule has 3 atom stereocenters. The SMILES string of the molecule is CN(C)C(=O)[C@H](Cc1ccccc1)NC(=O)[C@H]1O[C@@H]1C(=O)Nc1cccc(CNC(=O)OC(C)(C)C)c1. The van der Waals surface area contributed by atoms with E-state index in [2.05, 4.69) is 16.0 Å². The number of benzene rings is 2. The molecule has 1 aliphatic heterocycles. The quantitative estimate of drug-likeness (QED) is 0.444. The maximum atomic E-state index is 12.8. The minimum absolute atomic E-state index is 0.215. The number of likely N-dealkylation sites (N-methyl/N-ethyl adjacent to an activating group) is 1. The van der Waals surface area contributed by atoms with E-state index < -0.39 is 41.8 Å². The predicted octanol–water partition coefficient (Wildman–Crippen LogP) is 2.23. The molecule has 1 aliphatic rings. The number of carbonyl (C=O) groups excluding carboxylic acids is 4. The average Bonchev–Trinajstić information content (AvgIpc) is 3.63. The van der Waals surface area contributed by atoms with Crippen LogP contribution in [0.4, 0.5) is 10.5 Å². The number of alkyl carbamates (subject to hydrolysis) is 1. The van der Waals surface area contributed by atoms with E-state index in [0.717, 1.165) is 11.1 Å². The van der Waals surface area contributed by atoms with Crippen LogP contribution in [0.2, 0.25) is 0 Å². The van der Waals surface area contributed by atoms with E-state index in [4.69, 9.17) is 9.47 Å². The van der Waals surface area contributed by atoms with E-state index in [-0.39, 0.29) is 12.5 Å². The molecule has 0 aliphatic carbocycles. The van der Waals surface area contributed by atoms with Crippen LogP contribution in [0.3, 0.4) is 0 Å². The van der Waals surface area contributed by atoms with Gasteiger partial charge in [-0.2, -0.15) is 0 Å². The summed E-state index contributed by atoms with van der Waals surface area (Å²) in [6.07, 6.45) is -2.17. The third-order valence-corrected chi connectivity index (χ3v) is 5.38. The second kappa shape index (κ2) is 11.9. The highest BCUT2D eigenvalue weighted by molar-refractivity contribution is 6.02. The molecule has 0 saturated carbocycles. The minimum atomic E-state index is -0.981. The van der Waals surface area contributed by atoms with Crippen molar-refractivity contribution in [2.75, 3.05) is 19.4 Å². The van der Waals surface area contributed by atoms with Gasteiger partial charge in [0.1, 0.15) is 11.6 Å². The van der Waals surface area contributed by atoms with Crippen molar-refractivity contribution in [3.8, 4) is 0 Å². The molecule has 2 aromatic carbocycles. The summed E-state index contributed by atoms with van der Waals surface area (Å²) in [4.78, 5) is 51.3. The minimum Gasteiger partial charge on any atom is -0.444 e. The van der Waals surface area contributed by atoms with Gasteiger partial charge in [0.05, 0.1) is 0 Å². The molecule has 3 N–H and O–H groups in total. The molecule has 198 valence electrons. The molecule has 2 aromatic rings. The van der Waals surface area contributed by atoms with Crippen molar-refractivity contribution in [1.29, 1.82) is 0 Å². The fourth-order valence-electron chi connectivity index (χ4n) is 3.59. The molecular formula is C27H34N4O6. The lowest BCUT2D eigenvalue weighted by Gasteiger charge is -2.21. The van der Waals surface area contributed by atoms with Gasteiger partial charge in [0.2, 0.25) is 5.91 Å². The molecule has 10 heteroatoms. The van der Waals surface area contributed by atoms with E-state index in [0.29, 0.717) is 12.1 Å². The standard InChI is InChI=1S/C27H34N4O6/c1-27(2,3)37-26(35)28-16-18-12-9-13-19(14-18)29-23(32)21-22(36-21)24(33)30-20(25(34)31(4)5)15-17-10-7-6-8-11-17/h6-14,20-22H,15-16H2,1-5H3,(H,28,35)(H,29,32)(H,30,33)/t20-,21-,22-/m0/s1. The molecule has 0 bridgehead atoms. The summed E-state index contributed by atoms with van der Waals surface area (Å²) in [7, 11) is 3.24. The van der Waals surface area contributed by atoms with E-state index in [1.165, 1.54) is 4.90 Å². The molecule has 10 nitrogen and oxygen atoms in total. The first-order valence-corrected chi connectivity index (χ1v) is 12.0. The fourth-order valence-corrected chi connectivity index (χ4v) is 3.59. The number of ether oxygens (including phenoxy) is 2. The lowest BCUT2D eigenvalue weighted by Crippen LogP contribution is -2.49. The van der Waals surface area contributed by atoms with Crippen LogP contribution in [0.5, 0.6) is 0 Å². The van der Waals surface area contributed by atoms with Crippen molar-refractivity contribution in [3.63, 3.8) is 0 Å². The van der Waals surface area contributed by atoms with Crippen molar-refractivity contribution in [2.24, 2.45) is 0 Å². The van der Waals surface area contributed by atoms with Gasteiger partial charge in [-0.3, -0.25) is 14.4 Å². The summed E-state index contributed by atoms with van der Waals surface area (Å²) in [5.74, 6) is -1.25. The van der Waals surface area contributed by atoms with Crippen LogP contribution in [-0.4, -0.2) is 66.7 Å². The predicted molar refractivity (Wildman–Crippen MR) is 138 cm³/mol. The molecule has 1 fully saturated rings. The Labute approximate surface area is 216 Å². The molecule has 4 amide bonds. The first kappa shape index (κ1) is 27.7. The average molecular weight is 511 g/mol. The topological polar surface area (TPSA) is 129 Å². The molecule has 0 spiro atoms. The van der Waals surface area contributed by atoms with Crippen LogP contribution in [0, 0.1) is 0 Å². The van der Waals surface area contributed by atoms with Crippen LogP contribution in [0.1, 0.15) is 31.9 Å². The molecule has 37 heavy (non-hydrogen) atoms. The summed E-state index contributed by atoms with van der Waals surface area (Å²) in [5.41, 5.74) is 1.54. The van der Waals surface area contributed by atoms with Crippen molar-refractivity contribution >= 4 is 29.5 Å². The number of carbonyl (C=O) groups is 4. The molecule has 1 heterocycles. The first-order chi connectivity index (χ1) is 17.4. The van der Waals surface area contributed by atoms with Gasteiger partial charge in [0, 0.05) is 32.7 Å². The number of hydrogen-bond acceptors (Lipinski definition) is 6. The van der Waals surface area contributed by atoms with Crippen molar-refractivity contribution in [2.45, 2.75) is 57.6 Å². The molecular weight excluding hydrogens is 476 g/mol. The lowest BCUT2D eigenvalue weighted by molar-refractivity contribution is -0.134. The zero-order valence-corrected chi connectivity index (χ0v) is 21.7. The van der Waals surface area contributed by atoms with E-state index in [9.17, 15) is 19.2 Å². The van der Waals surface area contributed by atoms with Crippen LogP contribution < -0.4 is 16.0 Å². The summed E-state index contributed by atoms with van der Waals surface area (Å²) < 4.78 is 10.6. The Morgan fingerprint density at radius 2 is 1.59 bits per heavy atom. The summed E-state index contributed by atoms with van der Waals surface area (Å²) in [5, 5.41) is 8.11. The van der Waals surface area contributed by atoms with Crippen LogP contribution in [0.15, 0.2) is 54.6 Å². The van der Waals surface area contributed by atoms with Crippen molar-refractivity contribution < 1.29 is 28.7 Å². The van der Waals surface area contributed by atoms with Gasteiger partial charge in [0.15, 0.2) is 12.2 Å². The summed E-state index contributed by atoms with van der Waals surface area (Å²) in [6, 6.07) is 15.5. The van der Waals surface area contributed by atoms with Gasteiger partial charge in [-0.05, 0) is 44.0 Å². The normalized spacial score (nSPS) is 17.2. The van der Waals surface area contributed by atoms with E-state index >= 15 is 0 Å². The molecule has 1 saturated heterocycles. The number of anilines is 1. The molecule has 0 unspecified atom stereocenters. The van der Waals surface area contributed by atoms with E-state index in [1.54, 1.807) is 59.1 Å². The van der Waals surface area contributed by atoms with Gasteiger partial charge in [0.25, 0.3) is 11.8 Å². The Hall–Kier alpha value is -3.92. The number of nitrogens with one attached hydrogen (secondary N) is 3. The van der Waals surface area contributed by atoms with Crippen LogP contribution >= 0.6 is 0 Å². The zero-order chi connectivity index (χ0) is 27.2. The lowest BCUT2D eigenvalue weighted by atomic mass is 10.0. The van der Waals surface area contributed by atoms with Gasteiger partial charge >= 0.3 is 6.09 Å². The van der Waals surface area contributed by atoms with E-state index in [1.807, 2.05) is 30.3 Å². The largest absolute Gasteiger partial charge is 0.444 e. The number of rotatable bonds is 9. The first-order valence-electron chi connectivity index (χ1n) is 12.0. The molecule has 0 radical (unpaired) electrons. The Balaban J connectivity index is 1.53. The van der Waals surface area contributed by atoms with Gasteiger partial charge in [-0.15, -0.1) is 0 Å². The highest BCUT2D eigenvalue weighted by Gasteiger charge is 2.51. The highest BCUT2D eigenvalue weighted by Crippen LogP contribution is 2.25. The third kappa shape index (κ3) is 8.60. The number of epoxide rings is 1. The Kier molecular flexibility index (Phi) is 8.88. The second-order valence-corrected chi connectivity index (χ2v) is 10.0. The maximum absolute atomic E-state index is 12.8. The van der Waals surface area contributed by atoms with Crippen molar-refractivity contribution in [3.05, 3.63) is 65.7 Å². The Morgan fingerprint density at radius 1 is 0.946 bits per heavy atom. The Bertz CT molecular complexity index is 1130. The third-order valence-electron chi connectivity index (χ3n) is 5.38.